The first-order chi connectivity index (χ1) is 15.4. The van der Waals surface area contributed by atoms with Gasteiger partial charge in [0.25, 0.3) is 11.1 Å². The number of nitrogens with one attached hydrogen (secondary N) is 1. The van der Waals surface area contributed by atoms with E-state index in [1.54, 1.807) is 6.08 Å². The van der Waals surface area contributed by atoms with Crippen molar-refractivity contribution in [1.82, 2.24) is 14.8 Å². The van der Waals surface area contributed by atoms with Crippen LogP contribution in [0.15, 0.2) is 29.3 Å². The molecule has 2 aromatic rings. The van der Waals surface area contributed by atoms with E-state index in [4.69, 9.17) is 4.74 Å². The van der Waals surface area contributed by atoms with Crippen LogP contribution in [0.4, 0.5) is 4.79 Å². The van der Waals surface area contributed by atoms with Gasteiger partial charge in [-0.05, 0) is 56.5 Å². The molecule has 3 amide bonds. The van der Waals surface area contributed by atoms with Crippen molar-refractivity contribution < 1.29 is 19.1 Å². The second-order valence-corrected chi connectivity index (χ2v) is 9.46. The number of ether oxygens (including phenoxy) is 1. The highest BCUT2D eigenvalue weighted by molar-refractivity contribution is 8.18. The third kappa shape index (κ3) is 4.47. The fourth-order valence-electron chi connectivity index (χ4n) is 4.30. The highest BCUT2D eigenvalue weighted by Crippen LogP contribution is 2.35. The lowest BCUT2D eigenvalue weighted by atomic mass is 10.1. The summed E-state index contributed by atoms with van der Waals surface area (Å²) in [6.45, 7) is 7.20. The smallest absolute Gasteiger partial charge is 0.293 e. The summed E-state index contributed by atoms with van der Waals surface area (Å²) in [5, 5.41) is 3.70. The van der Waals surface area contributed by atoms with Crippen molar-refractivity contribution in [1.29, 1.82) is 0 Å². The number of carbonyl (C=O) groups is 3. The van der Waals surface area contributed by atoms with Crippen LogP contribution in [0.3, 0.4) is 0 Å². The molecule has 1 aromatic heterocycles. The second-order valence-electron chi connectivity index (χ2n) is 8.46. The van der Waals surface area contributed by atoms with E-state index in [1.807, 2.05) is 36.7 Å². The monoisotopic (exact) mass is 455 g/mol. The number of nitrogens with zero attached hydrogens (tertiary/aromatic N) is 2. The van der Waals surface area contributed by atoms with Gasteiger partial charge in [-0.25, -0.2) is 0 Å². The van der Waals surface area contributed by atoms with Crippen LogP contribution in [-0.4, -0.2) is 51.8 Å². The average molecular weight is 456 g/mol. The van der Waals surface area contributed by atoms with Gasteiger partial charge >= 0.3 is 0 Å². The van der Waals surface area contributed by atoms with Gasteiger partial charge in [0.05, 0.1) is 16.5 Å². The van der Waals surface area contributed by atoms with Crippen LogP contribution < -0.4 is 5.32 Å². The Morgan fingerprint density at radius 3 is 2.81 bits per heavy atom. The number of aromatic nitrogens is 1. The zero-order chi connectivity index (χ0) is 22.8. The maximum atomic E-state index is 12.7. The zero-order valence-electron chi connectivity index (χ0n) is 18.7. The van der Waals surface area contributed by atoms with E-state index < -0.39 is 0 Å². The summed E-state index contributed by atoms with van der Waals surface area (Å²) in [6, 6.07) is 5.85. The summed E-state index contributed by atoms with van der Waals surface area (Å²) in [5.41, 5.74) is 2.94. The fourth-order valence-corrected chi connectivity index (χ4v) is 5.25. The van der Waals surface area contributed by atoms with Gasteiger partial charge in [0, 0.05) is 36.3 Å². The molecular weight excluding hydrogens is 426 g/mol. The van der Waals surface area contributed by atoms with Crippen molar-refractivity contribution in [3.05, 3.63) is 40.4 Å². The quantitative estimate of drug-likeness (QED) is 0.640. The van der Waals surface area contributed by atoms with Crippen molar-refractivity contribution >= 4 is 45.8 Å². The molecule has 170 valence electrons. The number of benzene rings is 1. The van der Waals surface area contributed by atoms with Gasteiger partial charge in [0.15, 0.2) is 0 Å². The number of thioether (sulfide) groups is 1. The van der Waals surface area contributed by atoms with Crippen LogP contribution in [0.5, 0.6) is 0 Å². The maximum absolute atomic E-state index is 12.7. The normalized spacial score (nSPS) is 20.3. The van der Waals surface area contributed by atoms with Crippen LogP contribution in [0.1, 0.15) is 44.7 Å². The predicted molar refractivity (Wildman–Crippen MR) is 126 cm³/mol. The van der Waals surface area contributed by atoms with Gasteiger partial charge in [-0.2, -0.15) is 0 Å². The van der Waals surface area contributed by atoms with E-state index in [9.17, 15) is 14.4 Å². The maximum Gasteiger partial charge on any atom is 0.293 e. The molecule has 2 aliphatic heterocycles. The van der Waals surface area contributed by atoms with Crippen molar-refractivity contribution in [3.63, 3.8) is 0 Å². The summed E-state index contributed by atoms with van der Waals surface area (Å²) in [6.07, 6.45) is 6.60. The highest BCUT2D eigenvalue weighted by atomic mass is 32.2. The minimum absolute atomic E-state index is 0.0741. The number of para-hydroxylation sites is 1. The number of carbonyl (C=O) groups excluding carboxylic acids is 3. The van der Waals surface area contributed by atoms with E-state index in [-0.39, 0.29) is 35.7 Å². The molecule has 0 unspecified atom stereocenters. The largest absolute Gasteiger partial charge is 0.376 e. The third-order valence-corrected chi connectivity index (χ3v) is 6.77. The van der Waals surface area contributed by atoms with E-state index in [0.29, 0.717) is 11.4 Å². The Bertz CT molecular complexity index is 1080. The van der Waals surface area contributed by atoms with E-state index in [2.05, 4.69) is 18.3 Å². The molecule has 2 saturated heterocycles. The highest BCUT2D eigenvalue weighted by Gasteiger charge is 2.36. The van der Waals surface area contributed by atoms with Crippen LogP contribution in [0, 0.1) is 0 Å². The number of hydrogen-bond acceptors (Lipinski definition) is 5. The van der Waals surface area contributed by atoms with E-state index in [1.165, 1.54) is 4.90 Å². The molecule has 4 rings (SSSR count). The molecule has 0 saturated carbocycles. The first kappa shape index (κ1) is 22.6. The zero-order valence-corrected chi connectivity index (χ0v) is 19.5. The van der Waals surface area contributed by atoms with Gasteiger partial charge < -0.3 is 14.6 Å². The number of amides is 3. The van der Waals surface area contributed by atoms with Crippen LogP contribution in [0.25, 0.3) is 17.0 Å². The molecule has 3 heterocycles. The molecule has 7 nitrogen and oxygen atoms in total. The SMILES string of the molecule is CCc1cccc2c(/C=C3\SC(=O)N(C(C)C)C3=O)cn(CC(=O)NC[C@H]3CCCO3)c12. The van der Waals surface area contributed by atoms with Crippen molar-refractivity contribution in [2.45, 2.75) is 58.7 Å². The first-order valence-corrected chi connectivity index (χ1v) is 12.0. The van der Waals surface area contributed by atoms with E-state index in [0.717, 1.165) is 59.7 Å². The lowest BCUT2D eigenvalue weighted by Gasteiger charge is -2.16. The molecule has 8 heteroatoms. The molecule has 0 spiro atoms. The molecule has 2 fully saturated rings. The summed E-state index contributed by atoms with van der Waals surface area (Å²) >= 11 is 0.965. The third-order valence-electron chi connectivity index (χ3n) is 5.89. The minimum atomic E-state index is -0.267. The molecule has 0 radical (unpaired) electrons. The van der Waals surface area contributed by atoms with Gasteiger partial charge in [0.2, 0.25) is 5.91 Å². The van der Waals surface area contributed by atoms with E-state index >= 15 is 0 Å². The van der Waals surface area contributed by atoms with Crippen LogP contribution >= 0.6 is 11.8 Å². The lowest BCUT2D eigenvalue weighted by Crippen LogP contribution is -2.34. The molecule has 1 aromatic carbocycles. The Morgan fingerprint density at radius 2 is 2.16 bits per heavy atom. The number of rotatable bonds is 7. The van der Waals surface area contributed by atoms with Gasteiger partial charge in [-0.3, -0.25) is 19.3 Å². The topological polar surface area (TPSA) is 80.6 Å². The predicted octanol–water partition coefficient (Wildman–Crippen LogP) is 3.94. The van der Waals surface area contributed by atoms with Crippen molar-refractivity contribution in [2.24, 2.45) is 0 Å². The summed E-state index contributed by atoms with van der Waals surface area (Å²) in [5.74, 6) is -0.341. The summed E-state index contributed by atoms with van der Waals surface area (Å²) in [4.78, 5) is 39.4. The Balaban J connectivity index is 1.63. The first-order valence-electron chi connectivity index (χ1n) is 11.1. The average Bonchev–Trinajstić information content (AvgIpc) is 3.46. The Kier molecular flexibility index (Phi) is 6.71. The minimum Gasteiger partial charge on any atom is -0.376 e. The van der Waals surface area contributed by atoms with Gasteiger partial charge in [-0.1, -0.05) is 25.1 Å². The number of hydrogen-bond donors (Lipinski definition) is 1. The Hall–Kier alpha value is -2.58. The Morgan fingerprint density at radius 1 is 1.34 bits per heavy atom. The second kappa shape index (κ2) is 9.50. The molecule has 2 aliphatic rings. The van der Waals surface area contributed by atoms with Gasteiger partial charge in [-0.15, -0.1) is 0 Å². The molecule has 0 aliphatic carbocycles. The lowest BCUT2D eigenvalue weighted by molar-refractivity contribution is -0.124. The van der Waals surface area contributed by atoms with Crippen molar-refractivity contribution in [3.8, 4) is 0 Å². The number of imide groups is 1. The molecule has 1 N–H and O–H groups in total. The molecule has 32 heavy (non-hydrogen) atoms. The van der Waals surface area contributed by atoms with Crippen LogP contribution in [0.2, 0.25) is 0 Å². The Labute approximate surface area is 192 Å². The summed E-state index contributed by atoms with van der Waals surface area (Å²) < 4.78 is 7.53. The van der Waals surface area contributed by atoms with Gasteiger partial charge in [0.1, 0.15) is 6.54 Å². The standard InChI is InChI=1S/C24H29N3O4S/c1-4-16-7-5-9-19-17(11-20-23(29)27(15(2)3)24(30)32-20)13-26(22(16)19)14-21(28)25-12-18-8-6-10-31-18/h5,7,9,11,13,15,18H,4,6,8,10,12,14H2,1-3H3,(H,25,28)/b20-11-/t18-/m1/s1. The molecule has 1 atom stereocenters. The molecular formula is C24H29N3O4S. The number of aryl methyl sites for hydroxylation is 1. The summed E-state index contributed by atoms with van der Waals surface area (Å²) in [7, 11) is 0. The fraction of sp³-hybridized carbons (Fsp3) is 0.458. The number of fused-ring (bicyclic) bond motifs is 1. The van der Waals surface area contributed by atoms with Crippen LogP contribution in [-0.2, 0) is 27.3 Å². The van der Waals surface area contributed by atoms with Crippen molar-refractivity contribution in [2.75, 3.05) is 13.2 Å². The molecule has 0 bridgehead atoms.